The molecule has 0 aliphatic carbocycles. The van der Waals surface area contributed by atoms with Crippen molar-refractivity contribution in [3.8, 4) is 0 Å². The van der Waals surface area contributed by atoms with Crippen LogP contribution in [-0.4, -0.2) is 54.9 Å². The molecule has 5 heteroatoms. The summed E-state index contributed by atoms with van der Waals surface area (Å²) in [6, 6.07) is -0.300. The summed E-state index contributed by atoms with van der Waals surface area (Å²) in [7, 11) is 1.57. The van der Waals surface area contributed by atoms with Crippen LogP contribution in [-0.2, 0) is 4.74 Å². The Morgan fingerprint density at radius 2 is 2.15 bits per heavy atom. The van der Waals surface area contributed by atoms with Crippen LogP contribution in [0.3, 0.4) is 0 Å². The Bertz CT molecular complexity index is 172. The Morgan fingerprint density at radius 1 is 1.54 bits per heavy atom. The molecule has 0 spiro atoms. The Labute approximate surface area is 76.3 Å². The first-order valence-corrected chi connectivity index (χ1v) is 4.24. The van der Waals surface area contributed by atoms with Crippen molar-refractivity contribution in [2.24, 2.45) is 0 Å². The highest BCUT2D eigenvalue weighted by Gasteiger charge is 2.34. The van der Waals surface area contributed by atoms with Gasteiger partial charge in [0.05, 0.1) is 31.9 Å². The van der Waals surface area contributed by atoms with Gasteiger partial charge in [-0.3, -0.25) is 4.90 Å². The average Bonchev–Trinajstić information content (AvgIpc) is 2.30. The Hall–Kier alpha value is -0.260. The Kier molecular flexibility index (Phi) is 3.21. The second-order valence-corrected chi connectivity index (χ2v) is 3.66. The predicted octanol–water partition coefficient (Wildman–Crippen LogP) is 0.333. The van der Waals surface area contributed by atoms with Crippen molar-refractivity contribution >= 4 is 0 Å². The zero-order chi connectivity index (χ0) is 10.1. The van der Waals surface area contributed by atoms with E-state index in [9.17, 15) is 13.9 Å². The third kappa shape index (κ3) is 3.17. The smallest absolute Gasteiger partial charge is 0.257 e. The SMILES string of the molecule is CN(CC(C)(F)F)C1COCC1O. The fourth-order valence-corrected chi connectivity index (χ4v) is 1.51. The molecule has 0 amide bonds. The number of ether oxygens (including phenoxy) is 1. The van der Waals surface area contributed by atoms with Crippen molar-refractivity contribution in [1.29, 1.82) is 0 Å². The van der Waals surface area contributed by atoms with Gasteiger partial charge in [0.2, 0.25) is 0 Å². The molecule has 0 aromatic heterocycles. The number of likely N-dealkylation sites (N-methyl/N-ethyl adjacent to an activating group) is 1. The number of aliphatic hydroxyl groups excluding tert-OH is 1. The number of hydrogen-bond donors (Lipinski definition) is 1. The van der Waals surface area contributed by atoms with Gasteiger partial charge in [-0.15, -0.1) is 0 Å². The molecule has 0 aromatic carbocycles. The van der Waals surface area contributed by atoms with Gasteiger partial charge in [0, 0.05) is 6.92 Å². The summed E-state index contributed by atoms with van der Waals surface area (Å²) >= 11 is 0. The highest BCUT2D eigenvalue weighted by Crippen LogP contribution is 2.18. The summed E-state index contributed by atoms with van der Waals surface area (Å²) in [5.41, 5.74) is 0. The topological polar surface area (TPSA) is 32.7 Å². The summed E-state index contributed by atoms with van der Waals surface area (Å²) in [5, 5.41) is 9.34. The number of aliphatic hydroxyl groups is 1. The van der Waals surface area contributed by atoms with E-state index in [1.807, 2.05) is 0 Å². The molecule has 1 aliphatic rings. The van der Waals surface area contributed by atoms with Crippen LogP contribution in [0.2, 0.25) is 0 Å². The molecule has 2 unspecified atom stereocenters. The third-order valence-electron chi connectivity index (χ3n) is 2.11. The lowest BCUT2D eigenvalue weighted by molar-refractivity contribution is -0.0286. The monoisotopic (exact) mass is 195 g/mol. The molecule has 0 radical (unpaired) electrons. The van der Waals surface area contributed by atoms with Crippen molar-refractivity contribution in [1.82, 2.24) is 4.90 Å². The maximum Gasteiger partial charge on any atom is 0.257 e. The number of nitrogens with zero attached hydrogens (tertiary/aromatic N) is 1. The van der Waals surface area contributed by atoms with Crippen LogP contribution in [0.4, 0.5) is 8.78 Å². The molecule has 1 fully saturated rings. The first-order chi connectivity index (χ1) is 5.90. The Balaban J connectivity index is 2.43. The lowest BCUT2D eigenvalue weighted by Gasteiger charge is -2.27. The van der Waals surface area contributed by atoms with Crippen LogP contribution in [0, 0.1) is 0 Å². The van der Waals surface area contributed by atoms with Crippen LogP contribution >= 0.6 is 0 Å². The van der Waals surface area contributed by atoms with Crippen molar-refractivity contribution < 1.29 is 18.6 Å². The number of rotatable bonds is 3. The molecule has 1 aliphatic heterocycles. The standard InChI is InChI=1S/C8H15F2NO2/c1-8(9,10)5-11(2)6-3-13-4-7(6)12/h6-7,12H,3-5H2,1-2H3. The summed E-state index contributed by atoms with van der Waals surface area (Å²) in [6.07, 6.45) is -0.646. The van der Waals surface area contributed by atoms with Crippen LogP contribution in [0.15, 0.2) is 0 Å². The second kappa shape index (κ2) is 3.86. The zero-order valence-corrected chi connectivity index (χ0v) is 7.83. The van der Waals surface area contributed by atoms with E-state index in [0.29, 0.717) is 6.61 Å². The molecule has 0 bridgehead atoms. The molecule has 0 saturated carbocycles. The molecule has 1 saturated heterocycles. The van der Waals surface area contributed by atoms with Gasteiger partial charge in [-0.1, -0.05) is 0 Å². The summed E-state index contributed by atoms with van der Waals surface area (Å²) in [6.45, 7) is 1.09. The maximum atomic E-state index is 12.6. The molecule has 2 atom stereocenters. The number of hydrogen-bond acceptors (Lipinski definition) is 3. The Morgan fingerprint density at radius 3 is 2.54 bits per heavy atom. The third-order valence-corrected chi connectivity index (χ3v) is 2.11. The summed E-state index contributed by atoms with van der Waals surface area (Å²) in [4.78, 5) is 1.44. The minimum atomic E-state index is -2.73. The quantitative estimate of drug-likeness (QED) is 0.704. The minimum Gasteiger partial charge on any atom is -0.389 e. The van der Waals surface area contributed by atoms with Gasteiger partial charge < -0.3 is 9.84 Å². The molecule has 13 heavy (non-hydrogen) atoms. The number of halogens is 2. The molecule has 1 rings (SSSR count). The van der Waals surface area contributed by atoms with Crippen molar-refractivity contribution in [2.75, 3.05) is 26.8 Å². The van der Waals surface area contributed by atoms with Gasteiger partial charge in [0.1, 0.15) is 0 Å². The first-order valence-electron chi connectivity index (χ1n) is 4.24. The fourth-order valence-electron chi connectivity index (χ4n) is 1.51. The van der Waals surface area contributed by atoms with E-state index in [4.69, 9.17) is 4.74 Å². The van der Waals surface area contributed by atoms with Crippen LogP contribution < -0.4 is 0 Å². The molecule has 1 N–H and O–H groups in total. The molecular weight excluding hydrogens is 180 g/mol. The van der Waals surface area contributed by atoms with E-state index in [2.05, 4.69) is 0 Å². The zero-order valence-electron chi connectivity index (χ0n) is 7.83. The van der Waals surface area contributed by atoms with Crippen LogP contribution in [0.25, 0.3) is 0 Å². The highest BCUT2D eigenvalue weighted by atomic mass is 19.3. The van der Waals surface area contributed by atoms with E-state index >= 15 is 0 Å². The maximum absolute atomic E-state index is 12.6. The minimum absolute atomic E-state index is 0.240. The molecule has 0 aromatic rings. The molecular formula is C8H15F2NO2. The highest BCUT2D eigenvalue weighted by molar-refractivity contribution is 4.83. The normalized spacial score (nSPS) is 30.0. The molecule has 78 valence electrons. The van der Waals surface area contributed by atoms with E-state index in [-0.39, 0.29) is 19.2 Å². The van der Waals surface area contributed by atoms with E-state index in [1.54, 1.807) is 7.05 Å². The van der Waals surface area contributed by atoms with Crippen LogP contribution in [0.5, 0.6) is 0 Å². The van der Waals surface area contributed by atoms with E-state index < -0.39 is 12.0 Å². The van der Waals surface area contributed by atoms with Gasteiger partial charge in [-0.2, -0.15) is 0 Å². The lowest BCUT2D eigenvalue weighted by Crippen LogP contribution is -2.45. The van der Waals surface area contributed by atoms with Crippen molar-refractivity contribution in [3.05, 3.63) is 0 Å². The van der Waals surface area contributed by atoms with Crippen molar-refractivity contribution in [2.45, 2.75) is 25.0 Å². The summed E-state index contributed by atoms with van der Waals surface area (Å²) < 4.78 is 30.1. The lowest BCUT2D eigenvalue weighted by atomic mass is 10.2. The van der Waals surface area contributed by atoms with Crippen molar-refractivity contribution in [3.63, 3.8) is 0 Å². The van der Waals surface area contributed by atoms with Crippen LogP contribution in [0.1, 0.15) is 6.92 Å². The summed E-state index contributed by atoms with van der Waals surface area (Å²) in [5.74, 6) is -2.73. The van der Waals surface area contributed by atoms with Gasteiger partial charge in [-0.25, -0.2) is 8.78 Å². The van der Waals surface area contributed by atoms with E-state index in [1.165, 1.54) is 4.90 Å². The fraction of sp³-hybridized carbons (Fsp3) is 1.00. The largest absolute Gasteiger partial charge is 0.389 e. The van der Waals surface area contributed by atoms with Gasteiger partial charge in [0.15, 0.2) is 0 Å². The van der Waals surface area contributed by atoms with Gasteiger partial charge in [-0.05, 0) is 7.05 Å². The second-order valence-electron chi connectivity index (χ2n) is 3.66. The predicted molar refractivity (Wildman–Crippen MR) is 43.9 cm³/mol. The van der Waals surface area contributed by atoms with E-state index in [0.717, 1.165) is 6.92 Å². The van der Waals surface area contributed by atoms with Gasteiger partial charge in [0.25, 0.3) is 5.92 Å². The number of alkyl halides is 2. The average molecular weight is 195 g/mol. The van der Waals surface area contributed by atoms with Gasteiger partial charge >= 0.3 is 0 Å². The molecule has 3 nitrogen and oxygen atoms in total. The first kappa shape index (κ1) is 10.8. The molecule has 1 heterocycles.